The molecule has 0 spiro atoms. The lowest BCUT2D eigenvalue weighted by molar-refractivity contribution is -0.113. The highest BCUT2D eigenvalue weighted by molar-refractivity contribution is 6.07. The zero-order valence-corrected chi connectivity index (χ0v) is 22.9. The first kappa shape index (κ1) is 25.0. The van der Waals surface area contributed by atoms with E-state index in [2.05, 4.69) is 65.7 Å². The van der Waals surface area contributed by atoms with E-state index in [9.17, 15) is 4.79 Å². The average Bonchev–Trinajstić information content (AvgIpc) is 3.60. The van der Waals surface area contributed by atoms with Gasteiger partial charge in [-0.05, 0) is 68.1 Å². The zero-order valence-electron chi connectivity index (χ0n) is 22.9. The van der Waals surface area contributed by atoms with Gasteiger partial charge in [0.15, 0.2) is 0 Å². The second kappa shape index (κ2) is 9.77. The largest absolute Gasteiger partial charge is 0.354 e. The van der Waals surface area contributed by atoms with Crippen molar-refractivity contribution in [2.45, 2.75) is 39.8 Å². The van der Waals surface area contributed by atoms with E-state index in [4.69, 9.17) is 0 Å². The number of H-pyrrole nitrogens is 1. The van der Waals surface area contributed by atoms with Gasteiger partial charge in [-0.25, -0.2) is 9.67 Å². The van der Waals surface area contributed by atoms with Crippen LogP contribution in [0.3, 0.4) is 0 Å². The van der Waals surface area contributed by atoms with Crippen LogP contribution in [0.25, 0.3) is 22.2 Å². The highest BCUT2D eigenvalue weighted by atomic mass is 16.1. The van der Waals surface area contributed by atoms with Crippen molar-refractivity contribution in [1.82, 2.24) is 40.3 Å². The summed E-state index contributed by atoms with van der Waals surface area (Å²) >= 11 is 0. The molecule has 6 rings (SSSR count). The molecule has 1 saturated heterocycles. The van der Waals surface area contributed by atoms with Crippen LogP contribution < -0.4 is 15.1 Å². The lowest BCUT2D eigenvalue weighted by Gasteiger charge is -2.40. The molecule has 4 aromatic rings. The van der Waals surface area contributed by atoms with E-state index >= 15 is 0 Å². The van der Waals surface area contributed by atoms with Gasteiger partial charge >= 0.3 is 0 Å². The number of anilines is 3. The maximum Gasteiger partial charge on any atom is 0.255 e. The van der Waals surface area contributed by atoms with Crippen molar-refractivity contribution < 1.29 is 4.79 Å². The first-order valence-corrected chi connectivity index (χ1v) is 13.3. The molecule has 3 aromatic heterocycles. The van der Waals surface area contributed by atoms with Crippen molar-refractivity contribution in [2.24, 2.45) is 0 Å². The number of amides is 1. The molecule has 0 aliphatic carbocycles. The number of hydrogen-bond donors (Lipinski definition) is 2. The molecule has 39 heavy (non-hydrogen) atoms. The number of rotatable bonds is 5. The lowest BCUT2D eigenvalue weighted by Crippen LogP contribution is -2.51. The first-order chi connectivity index (χ1) is 18.9. The fourth-order valence-electron chi connectivity index (χ4n) is 5.69. The van der Waals surface area contributed by atoms with Crippen LogP contribution >= 0.6 is 0 Å². The lowest BCUT2D eigenvalue weighted by atomic mass is 10.0. The number of benzene rings is 1. The molecule has 0 unspecified atom stereocenters. The predicted molar refractivity (Wildman–Crippen MR) is 151 cm³/mol. The Bertz CT molecular complexity index is 1570. The summed E-state index contributed by atoms with van der Waals surface area (Å²) in [5.74, 6) is 1.37. The molecule has 12 nitrogen and oxygen atoms in total. The van der Waals surface area contributed by atoms with E-state index in [1.54, 1.807) is 4.68 Å². The van der Waals surface area contributed by atoms with Crippen LogP contribution in [0.1, 0.15) is 33.7 Å². The van der Waals surface area contributed by atoms with Crippen LogP contribution in [0.2, 0.25) is 0 Å². The Labute approximate surface area is 226 Å². The number of allylic oxidation sites excluding steroid dienone is 1. The van der Waals surface area contributed by atoms with E-state index in [0.717, 1.165) is 59.9 Å². The molecule has 0 bridgehead atoms. The van der Waals surface area contributed by atoms with Crippen LogP contribution in [0, 0.1) is 0 Å². The maximum atomic E-state index is 13.5. The second-order valence-electron chi connectivity index (χ2n) is 10.3. The summed E-state index contributed by atoms with van der Waals surface area (Å²) in [6, 6.07) is 10.0. The Morgan fingerprint density at radius 1 is 1.18 bits per heavy atom. The van der Waals surface area contributed by atoms with E-state index in [-0.39, 0.29) is 11.9 Å². The summed E-state index contributed by atoms with van der Waals surface area (Å²) in [7, 11) is 1.85. The average molecular weight is 528 g/mol. The molecule has 1 aromatic carbocycles. The fourth-order valence-corrected chi connectivity index (χ4v) is 5.69. The second-order valence-corrected chi connectivity index (χ2v) is 10.3. The maximum absolute atomic E-state index is 13.5. The molecule has 12 heteroatoms. The normalized spacial score (nSPS) is 20.0. The number of hydrogen-bond acceptors (Lipinski definition) is 9. The topological polar surface area (TPSA) is 124 Å². The van der Waals surface area contributed by atoms with Gasteiger partial charge in [0.2, 0.25) is 5.95 Å². The van der Waals surface area contributed by atoms with E-state index in [1.807, 2.05) is 56.3 Å². The molecule has 1 fully saturated rings. The highest BCUT2D eigenvalue weighted by Crippen LogP contribution is 2.34. The van der Waals surface area contributed by atoms with Crippen LogP contribution in [0.5, 0.6) is 0 Å². The van der Waals surface area contributed by atoms with Gasteiger partial charge in [0.1, 0.15) is 11.5 Å². The zero-order chi connectivity index (χ0) is 27.3. The van der Waals surface area contributed by atoms with Crippen molar-refractivity contribution in [3.8, 4) is 11.3 Å². The number of piperazine rings is 1. The van der Waals surface area contributed by atoms with Crippen LogP contribution in [0.15, 0.2) is 47.8 Å². The molecule has 0 saturated carbocycles. The smallest absolute Gasteiger partial charge is 0.255 e. The number of carbonyl (C=O) groups is 1. The van der Waals surface area contributed by atoms with Crippen LogP contribution in [-0.2, 0) is 4.79 Å². The SMILES string of the molecule is CCN1CCN(c2cc(-c3n[nH]c4ccc(NC(=O)C5=C(C)N(C)c6nnnn6[C@H]5C)cc34)ccn2)C[C@@H]1C. The molecular weight excluding hydrogens is 494 g/mol. The first-order valence-electron chi connectivity index (χ1n) is 13.3. The number of nitrogens with one attached hydrogen (secondary N) is 2. The molecule has 2 aliphatic heterocycles. The Kier molecular flexibility index (Phi) is 6.26. The van der Waals surface area contributed by atoms with Gasteiger partial charge in [-0.15, -0.1) is 0 Å². The summed E-state index contributed by atoms with van der Waals surface area (Å²) in [5, 5.41) is 23.7. The number of carbonyl (C=O) groups excluding carboxylic acids is 1. The molecule has 202 valence electrons. The minimum Gasteiger partial charge on any atom is -0.354 e. The van der Waals surface area contributed by atoms with Crippen molar-refractivity contribution in [1.29, 1.82) is 0 Å². The number of nitrogens with zero attached hydrogens (tertiary/aromatic N) is 9. The van der Waals surface area contributed by atoms with Crippen molar-refractivity contribution in [2.75, 3.05) is 48.3 Å². The third kappa shape index (κ3) is 4.30. The number of aromatic amines is 1. The Hall–Kier alpha value is -4.32. The number of likely N-dealkylation sites (N-methyl/N-ethyl adjacent to an activating group) is 1. The van der Waals surface area contributed by atoms with Gasteiger partial charge in [-0.1, -0.05) is 12.0 Å². The summed E-state index contributed by atoms with van der Waals surface area (Å²) in [4.78, 5) is 24.8. The van der Waals surface area contributed by atoms with Gasteiger partial charge in [-0.2, -0.15) is 5.10 Å². The van der Waals surface area contributed by atoms with Crippen molar-refractivity contribution >= 4 is 34.3 Å². The minimum atomic E-state index is -0.295. The van der Waals surface area contributed by atoms with E-state index in [1.165, 1.54) is 0 Å². The van der Waals surface area contributed by atoms with Gasteiger partial charge < -0.3 is 15.1 Å². The minimum absolute atomic E-state index is 0.191. The van der Waals surface area contributed by atoms with Gasteiger partial charge in [0.05, 0.1) is 17.1 Å². The van der Waals surface area contributed by atoms with E-state index < -0.39 is 0 Å². The molecule has 0 radical (unpaired) electrons. The van der Waals surface area contributed by atoms with Crippen LogP contribution in [-0.4, -0.2) is 85.5 Å². The standard InChI is InChI=1S/C27H33N11O/c1-6-36-11-12-37(15-16(36)2)23-13-19(9-10-28-23)25-21-14-20(7-8-22(21)30-31-25)29-26(39)24-17(3)35(5)27-32-33-34-38(27)18(24)4/h7-10,13-14,16,18H,6,11-12,15H2,1-5H3,(H,29,39)(H,30,31)/t16-,18-/m0/s1. The summed E-state index contributed by atoms with van der Waals surface area (Å²) in [5.41, 5.74) is 4.81. The quantitative estimate of drug-likeness (QED) is 0.403. The third-order valence-corrected chi connectivity index (χ3v) is 8.03. The van der Waals surface area contributed by atoms with Crippen molar-refractivity contribution in [3.63, 3.8) is 0 Å². The molecule has 2 atom stereocenters. The summed E-state index contributed by atoms with van der Waals surface area (Å²) in [6.07, 6.45) is 1.84. The fraction of sp³-hybridized carbons (Fsp3) is 0.407. The van der Waals surface area contributed by atoms with Crippen LogP contribution in [0.4, 0.5) is 17.5 Å². The van der Waals surface area contributed by atoms with E-state index in [0.29, 0.717) is 23.3 Å². The molecular formula is C27H33N11O. The molecule has 5 heterocycles. The molecule has 2 aliphatic rings. The Morgan fingerprint density at radius 2 is 2.03 bits per heavy atom. The predicted octanol–water partition coefficient (Wildman–Crippen LogP) is 3.07. The van der Waals surface area contributed by atoms with Gasteiger partial charge in [0, 0.05) is 61.3 Å². The number of pyridine rings is 1. The molecule has 2 N–H and O–H groups in total. The number of tetrazole rings is 1. The van der Waals surface area contributed by atoms with Gasteiger partial charge in [-0.3, -0.25) is 14.8 Å². The number of aromatic nitrogens is 7. The number of fused-ring (bicyclic) bond motifs is 2. The van der Waals surface area contributed by atoms with Crippen molar-refractivity contribution in [3.05, 3.63) is 47.8 Å². The third-order valence-electron chi connectivity index (χ3n) is 8.03. The highest BCUT2D eigenvalue weighted by Gasteiger charge is 2.32. The molecule has 1 amide bonds. The Balaban J connectivity index is 1.27. The van der Waals surface area contributed by atoms with Gasteiger partial charge in [0.25, 0.3) is 5.91 Å². The monoisotopic (exact) mass is 527 g/mol. The Morgan fingerprint density at radius 3 is 2.82 bits per heavy atom. The summed E-state index contributed by atoms with van der Waals surface area (Å²) < 4.78 is 1.66. The summed E-state index contributed by atoms with van der Waals surface area (Å²) in [6.45, 7) is 12.3.